The van der Waals surface area contributed by atoms with Crippen LogP contribution in [0.3, 0.4) is 0 Å². The fourth-order valence-electron chi connectivity index (χ4n) is 1.29. The molecule has 100 valence electrons. The molecule has 0 saturated heterocycles. The molecule has 0 aliphatic rings. The zero-order chi connectivity index (χ0) is 14.1. The summed E-state index contributed by atoms with van der Waals surface area (Å²) in [5.74, 6) is -0.0958. The first-order valence-corrected chi connectivity index (χ1v) is 8.95. The molecule has 0 aliphatic carbocycles. The standard InChI is InChI=1S/C14H21FO2Si/c1-10(16)12-9-11(15)7-8-13(12)17-18(5,6)14(2,3)4/h7-9H,1-6H3. The molecule has 0 bridgehead atoms. The van der Waals surface area contributed by atoms with Gasteiger partial charge in [-0.1, -0.05) is 20.8 Å². The molecule has 0 unspecified atom stereocenters. The zero-order valence-electron chi connectivity index (χ0n) is 11.9. The van der Waals surface area contributed by atoms with Crippen molar-refractivity contribution >= 4 is 14.1 Å². The number of Topliss-reactive ketones (excluding diaryl/α,β-unsaturated/α-hetero) is 1. The van der Waals surface area contributed by atoms with Gasteiger partial charge in [-0.25, -0.2) is 4.39 Å². The Balaban J connectivity index is 3.16. The topological polar surface area (TPSA) is 26.3 Å². The van der Waals surface area contributed by atoms with Crippen molar-refractivity contribution in [1.29, 1.82) is 0 Å². The lowest BCUT2D eigenvalue weighted by Gasteiger charge is -2.36. The summed E-state index contributed by atoms with van der Waals surface area (Å²) in [4.78, 5) is 11.5. The summed E-state index contributed by atoms with van der Waals surface area (Å²) < 4.78 is 19.2. The average molecular weight is 268 g/mol. The highest BCUT2D eigenvalue weighted by atomic mass is 28.4. The summed E-state index contributed by atoms with van der Waals surface area (Å²) in [7, 11) is -2.02. The van der Waals surface area contributed by atoms with Gasteiger partial charge < -0.3 is 4.43 Å². The van der Waals surface area contributed by atoms with Gasteiger partial charge in [-0.3, -0.25) is 4.79 Å². The Bertz CT molecular complexity index is 461. The summed E-state index contributed by atoms with van der Waals surface area (Å²) in [6, 6.07) is 4.12. The van der Waals surface area contributed by atoms with Crippen LogP contribution in [0.1, 0.15) is 38.1 Å². The van der Waals surface area contributed by atoms with Crippen molar-refractivity contribution < 1.29 is 13.6 Å². The predicted molar refractivity (Wildman–Crippen MR) is 74.2 cm³/mol. The minimum absolute atomic E-state index is 0.0371. The Kier molecular flexibility index (Phi) is 4.01. The number of ketones is 1. The highest BCUT2D eigenvalue weighted by Crippen LogP contribution is 2.38. The molecule has 0 heterocycles. The lowest BCUT2D eigenvalue weighted by atomic mass is 10.1. The molecule has 4 heteroatoms. The summed E-state index contributed by atoms with van der Waals surface area (Å²) in [6.07, 6.45) is 0. The molecule has 0 aliphatic heterocycles. The van der Waals surface area contributed by atoms with Gasteiger partial charge >= 0.3 is 0 Å². The van der Waals surface area contributed by atoms with Gasteiger partial charge in [0, 0.05) is 0 Å². The van der Waals surface area contributed by atoms with Crippen molar-refractivity contribution in [2.24, 2.45) is 0 Å². The minimum Gasteiger partial charge on any atom is -0.543 e. The second-order valence-corrected chi connectivity index (χ2v) is 10.8. The molecule has 0 aromatic heterocycles. The maximum Gasteiger partial charge on any atom is 0.250 e. The van der Waals surface area contributed by atoms with Crippen molar-refractivity contribution in [3.8, 4) is 5.75 Å². The zero-order valence-corrected chi connectivity index (χ0v) is 12.9. The Morgan fingerprint density at radius 2 is 1.83 bits per heavy atom. The normalized spacial score (nSPS) is 12.4. The fourth-order valence-corrected chi connectivity index (χ4v) is 2.33. The van der Waals surface area contributed by atoms with Crippen molar-refractivity contribution in [2.45, 2.75) is 45.8 Å². The van der Waals surface area contributed by atoms with Crippen LogP contribution in [0.25, 0.3) is 0 Å². The molecule has 2 nitrogen and oxygen atoms in total. The molecular weight excluding hydrogens is 247 g/mol. The maximum absolute atomic E-state index is 13.2. The lowest BCUT2D eigenvalue weighted by Crippen LogP contribution is -2.44. The Morgan fingerprint density at radius 3 is 2.28 bits per heavy atom. The van der Waals surface area contributed by atoms with Gasteiger partial charge in [-0.2, -0.15) is 0 Å². The largest absolute Gasteiger partial charge is 0.543 e. The highest BCUT2D eigenvalue weighted by Gasteiger charge is 2.39. The molecular formula is C14H21FO2Si. The molecule has 0 N–H and O–H groups in total. The van der Waals surface area contributed by atoms with Gasteiger partial charge in [0.1, 0.15) is 11.6 Å². The van der Waals surface area contributed by atoms with Gasteiger partial charge in [-0.15, -0.1) is 0 Å². The number of carbonyl (C=O) groups excluding carboxylic acids is 1. The third-order valence-electron chi connectivity index (χ3n) is 3.49. The molecule has 18 heavy (non-hydrogen) atoms. The lowest BCUT2D eigenvalue weighted by molar-refractivity contribution is 0.101. The number of halogens is 1. The highest BCUT2D eigenvalue weighted by molar-refractivity contribution is 6.74. The van der Waals surface area contributed by atoms with E-state index in [-0.39, 0.29) is 10.8 Å². The van der Waals surface area contributed by atoms with Crippen molar-refractivity contribution in [2.75, 3.05) is 0 Å². The number of benzene rings is 1. The van der Waals surface area contributed by atoms with E-state index < -0.39 is 14.1 Å². The van der Waals surface area contributed by atoms with Crippen LogP contribution in [0.5, 0.6) is 5.75 Å². The van der Waals surface area contributed by atoms with E-state index in [4.69, 9.17) is 4.43 Å². The molecule has 1 aromatic rings. The Morgan fingerprint density at radius 1 is 1.28 bits per heavy atom. The molecule has 0 spiro atoms. The predicted octanol–water partition coefficient (Wildman–Crippen LogP) is 4.41. The molecule has 0 radical (unpaired) electrons. The van der Waals surface area contributed by atoms with E-state index in [1.54, 1.807) is 6.07 Å². The first-order chi connectivity index (χ1) is 8.04. The van der Waals surface area contributed by atoms with Gasteiger partial charge in [0.25, 0.3) is 8.32 Å². The fraction of sp³-hybridized carbons (Fsp3) is 0.500. The van der Waals surface area contributed by atoms with Gasteiger partial charge in [0.15, 0.2) is 5.78 Å². The van der Waals surface area contributed by atoms with Crippen LogP contribution in [0, 0.1) is 5.82 Å². The first kappa shape index (κ1) is 14.9. The number of hydrogen-bond donors (Lipinski definition) is 0. The summed E-state index contributed by atoms with van der Waals surface area (Å²) in [6.45, 7) is 12.0. The number of hydrogen-bond acceptors (Lipinski definition) is 2. The Hall–Kier alpha value is -1.16. The maximum atomic E-state index is 13.2. The van der Waals surface area contributed by atoms with E-state index in [0.29, 0.717) is 11.3 Å². The van der Waals surface area contributed by atoms with Crippen LogP contribution in [-0.4, -0.2) is 14.1 Å². The third-order valence-corrected chi connectivity index (χ3v) is 7.83. The van der Waals surface area contributed by atoms with Crippen LogP contribution in [0.15, 0.2) is 18.2 Å². The first-order valence-electron chi connectivity index (χ1n) is 6.04. The van der Waals surface area contributed by atoms with E-state index in [1.807, 2.05) is 0 Å². The van der Waals surface area contributed by atoms with Gasteiger partial charge in [0.2, 0.25) is 0 Å². The molecule has 0 fully saturated rings. The molecule has 0 saturated carbocycles. The Labute approximate surface area is 109 Å². The third kappa shape index (κ3) is 3.19. The van der Waals surface area contributed by atoms with Crippen LogP contribution in [0.2, 0.25) is 18.1 Å². The minimum atomic E-state index is -2.02. The number of rotatable bonds is 3. The van der Waals surface area contributed by atoms with E-state index >= 15 is 0 Å². The van der Waals surface area contributed by atoms with E-state index in [2.05, 4.69) is 33.9 Å². The van der Waals surface area contributed by atoms with E-state index in [9.17, 15) is 9.18 Å². The van der Waals surface area contributed by atoms with Crippen molar-refractivity contribution in [3.05, 3.63) is 29.6 Å². The van der Waals surface area contributed by atoms with E-state index in [1.165, 1.54) is 19.1 Å². The van der Waals surface area contributed by atoms with Gasteiger partial charge in [-0.05, 0) is 43.3 Å². The molecule has 0 amide bonds. The van der Waals surface area contributed by atoms with Crippen molar-refractivity contribution in [3.63, 3.8) is 0 Å². The molecule has 1 rings (SSSR count). The monoisotopic (exact) mass is 268 g/mol. The SMILES string of the molecule is CC(=O)c1cc(F)ccc1O[Si](C)(C)C(C)(C)C. The van der Waals surface area contributed by atoms with E-state index in [0.717, 1.165) is 0 Å². The quantitative estimate of drug-likeness (QED) is 0.599. The molecule has 0 atom stereocenters. The van der Waals surface area contributed by atoms with Crippen LogP contribution < -0.4 is 4.43 Å². The second kappa shape index (κ2) is 4.84. The van der Waals surface area contributed by atoms with Crippen molar-refractivity contribution in [1.82, 2.24) is 0 Å². The van der Waals surface area contributed by atoms with Crippen LogP contribution >= 0.6 is 0 Å². The van der Waals surface area contributed by atoms with Gasteiger partial charge in [0.05, 0.1) is 5.56 Å². The summed E-state index contributed by atoms with van der Waals surface area (Å²) >= 11 is 0. The number of carbonyl (C=O) groups is 1. The molecule has 1 aromatic carbocycles. The smallest absolute Gasteiger partial charge is 0.250 e. The van der Waals surface area contributed by atoms with Crippen LogP contribution in [-0.2, 0) is 0 Å². The van der Waals surface area contributed by atoms with Crippen LogP contribution in [0.4, 0.5) is 4.39 Å². The second-order valence-electron chi connectivity index (χ2n) is 6.06. The summed E-state index contributed by atoms with van der Waals surface area (Å²) in [5, 5.41) is 0.0371. The summed E-state index contributed by atoms with van der Waals surface area (Å²) in [5.41, 5.74) is 0.319. The average Bonchev–Trinajstić information content (AvgIpc) is 2.18.